The van der Waals surface area contributed by atoms with Crippen LogP contribution >= 0.6 is 11.6 Å². The van der Waals surface area contributed by atoms with E-state index in [9.17, 15) is 22.8 Å². The number of hydrogen-bond donors (Lipinski definition) is 0. The van der Waals surface area contributed by atoms with Crippen molar-refractivity contribution in [1.29, 1.82) is 0 Å². The van der Waals surface area contributed by atoms with Gasteiger partial charge in [-0.2, -0.15) is 13.2 Å². The maximum atomic E-state index is 13.7. The summed E-state index contributed by atoms with van der Waals surface area (Å²) in [5, 5.41) is 0.499. The van der Waals surface area contributed by atoms with Crippen molar-refractivity contribution < 1.29 is 22.8 Å². The van der Waals surface area contributed by atoms with Gasteiger partial charge < -0.3 is 0 Å². The zero-order valence-electron chi connectivity index (χ0n) is 17.1. The molecule has 1 unspecified atom stereocenters. The lowest BCUT2D eigenvalue weighted by Gasteiger charge is -2.43. The Bertz CT molecular complexity index is 1090. The maximum Gasteiger partial charge on any atom is 0.416 e. The molecule has 0 saturated heterocycles. The highest BCUT2D eigenvalue weighted by Crippen LogP contribution is 2.50. The molecule has 1 amide bonds. The molecule has 1 aliphatic carbocycles. The van der Waals surface area contributed by atoms with Crippen molar-refractivity contribution in [3.05, 3.63) is 76.0 Å². The van der Waals surface area contributed by atoms with Gasteiger partial charge in [0.15, 0.2) is 5.78 Å². The van der Waals surface area contributed by atoms with E-state index in [0.29, 0.717) is 28.4 Å². The summed E-state index contributed by atoms with van der Waals surface area (Å²) < 4.78 is 41.1. The Morgan fingerprint density at radius 3 is 2.29 bits per heavy atom. The summed E-state index contributed by atoms with van der Waals surface area (Å²) in [6.07, 6.45) is -4.16. The first-order chi connectivity index (χ1) is 14.5. The van der Waals surface area contributed by atoms with Gasteiger partial charge in [-0.25, -0.2) is 0 Å². The number of alkyl halides is 3. The molecule has 0 saturated carbocycles. The maximum absolute atomic E-state index is 13.7. The van der Waals surface area contributed by atoms with Crippen molar-refractivity contribution in [3.8, 4) is 0 Å². The third-order valence-corrected chi connectivity index (χ3v) is 6.12. The molecule has 0 spiro atoms. The van der Waals surface area contributed by atoms with Crippen LogP contribution in [0.2, 0.25) is 5.02 Å². The van der Waals surface area contributed by atoms with Gasteiger partial charge >= 0.3 is 6.18 Å². The molecule has 2 aliphatic rings. The number of ketones is 1. The highest BCUT2D eigenvalue weighted by atomic mass is 35.5. The predicted octanol–water partition coefficient (Wildman–Crippen LogP) is 6.52. The highest BCUT2D eigenvalue weighted by Gasteiger charge is 2.46. The summed E-state index contributed by atoms with van der Waals surface area (Å²) in [5.74, 6) is -1.47. The van der Waals surface area contributed by atoms with Gasteiger partial charge in [-0.3, -0.25) is 14.5 Å². The van der Waals surface area contributed by atoms with E-state index in [2.05, 4.69) is 0 Å². The summed E-state index contributed by atoms with van der Waals surface area (Å²) in [7, 11) is 0. The number of halogens is 4. The number of amides is 1. The lowest BCUT2D eigenvalue weighted by molar-refractivity contribution is -0.138. The molecular weight excluding hydrogens is 427 g/mol. The first-order valence-corrected chi connectivity index (χ1v) is 10.4. The molecule has 31 heavy (non-hydrogen) atoms. The van der Waals surface area contributed by atoms with Crippen LogP contribution in [0, 0.1) is 5.41 Å². The lowest BCUT2D eigenvalue weighted by Crippen LogP contribution is -2.44. The van der Waals surface area contributed by atoms with Crippen LogP contribution < -0.4 is 4.90 Å². The van der Waals surface area contributed by atoms with Gasteiger partial charge in [0.25, 0.3) is 0 Å². The quantitative estimate of drug-likeness (QED) is 0.525. The number of anilines is 1. The number of allylic oxidation sites excluding steroid dienone is 2. The van der Waals surface area contributed by atoms with Gasteiger partial charge in [0, 0.05) is 40.7 Å². The number of hydrogen-bond acceptors (Lipinski definition) is 2. The molecule has 2 aromatic carbocycles. The van der Waals surface area contributed by atoms with Crippen molar-refractivity contribution in [1.82, 2.24) is 0 Å². The molecular formula is C24H21ClF3NO2. The third-order valence-electron chi connectivity index (χ3n) is 5.87. The van der Waals surface area contributed by atoms with Crippen molar-refractivity contribution in [2.24, 2.45) is 5.41 Å². The van der Waals surface area contributed by atoms with E-state index in [0.717, 1.165) is 6.07 Å². The number of carbonyl (C=O) groups is 2. The van der Waals surface area contributed by atoms with E-state index in [1.165, 1.54) is 23.1 Å². The van der Waals surface area contributed by atoms with Crippen LogP contribution in [-0.4, -0.2) is 11.7 Å². The first kappa shape index (κ1) is 21.6. The summed E-state index contributed by atoms with van der Waals surface area (Å²) >= 11 is 5.98. The molecule has 1 atom stereocenters. The zero-order valence-corrected chi connectivity index (χ0v) is 17.8. The highest BCUT2D eigenvalue weighted by molar-refractivity contribution is 6.30. The second-order valence-corrected chi connectivity index (χ2v) is 9.29. The predicted molar refractivity (Wildman–Crippen MR) is 113 cm³/mol. The Kier molecular flexibility index (Phi) is 5.24. The average Bonchev–Trinajstić information content (AvgIpc) is 2.67. The normalized spacial score (nSPS) is 21.4. The smallest absolute Gasteiger partial charge is 0.294 e. The van der Waals surface area contributed by atoms with Gasteiger partial charge in [-0.15, -0.1) is 0 Å². The molecule has 2 aromatic rings. The van der Waals surface area contributed by atoms with Crippen LogP contribution in [0.25, 0.3) is 0 Å². The fraction of sp³-hybridized carbons (Fsp3) is 0.333. The standard InChI is InChI=1S/C24H21ClF3NO2/c1-23(2)12-19-22(20(30)13-23)17(16-5-3-4-6-18(16)24(26,27)28)11-21(31)29(19)15-9-7-14(25)8-10-15/h3-10,17H,11-13H2,1-2H3. The van der Waals surface area contributed by atoms with Gasteiger partial charge in [0.05, 0.1) is 5.56 Å². The second kappa shape index (κ2) is 7.52. The summed E-state index contributed by atoms with van der Waals surface area (Å²) in [6.45, 7) is 3.85. The van der Waals surface area contributed by atoms with Crippen LogP contribution in [0.15, 0.2) is 59.8 Å². The Labute approximate surface area is 183 Å². The fourth-order valence-corrected chi connectivity index (χ4v) is 4.76. The Morgan fingerprint density at radius 1 is 1.00 bits per heavy atom. The van der Waals surface area contributed by atoms with E-state index in [-0.39, 0.29) is 30.1 Å². The zero-order chi connectivity index (χ0) is 22.6. The molecule has 7 heteroatoms. The third kappa shape index (κ3) is 4.01. The number of Topliss-reactive ketones (excluding diaryl/α,β-unsaturated/α-hetero) is 1. The van der Waals surface area contributed by atoms with Crippen LogP contribution in [0.3, 0.4) is 0 Å². The van der Waals surface area contributed by atoms with Crippen molar-refractivity contribution >= 4 is 29.0 Å². The molecule has 0 radical (unpaired) electrons. The van der Waals surface area contributed by atoms with Crippen LogP contribution in [-0.2, 0) is 15.8 Å². The van der Waals surface area contributed by atoms with Crippen molar-refractivity contribution in [3.63, 3.8) is 0 Å². The van der Waals surface area contributed by atoms with Crippen molar-refractivity contribution in [2.75, 3.05) is 4.90 Å². The minimum atomic E-state index is -4.58. The molecule has 3 nitrogen and oxygen atoms in total. The average molecular weight is 448 g/mol. The molecule has 0 fully saturated rings. The van der Waals surface area contributed by atoms with Gasteiger partial charge in [0.1, 0.15) is 0 Å². The number of carbonyl (C=O) groups excluding carboxylic acids is 2. The van der Waals surface area contributed by atoms with E-state index < -0.39 is 23.1 Å². The lowest BCUT2D eigenvalue weighted by atomic mass is 9.68. The Morgan fingerprint density at radius 2 is 1.65 bits per heavy atom. The number of rotatable bonds is 2. The van der Waals surface area contributed by atoms with E-state index in [1.807, 2.05) is 13.8 Å². The van der Waals surface area contributed by atoms with Crippen LogP contribution in [0.1, 0.15) is 50.2 Å². The van der Waals surface area contributed by atoms with E-state index in [1.54, 1.807) is 24.3 Å². The SMILES string of the molecule is CC1(C)CC(=O)C2=C(C1)N(c1ccc(Cl)cc1)C(=O)CC2c1ccccc1C(F)(F)F. The minimum absolute atomic E-state index is 0.0281. The topological polar surface area (TPSA) is 37.4 Å². The monoisotopic (exact) mass is 447 g/mol. The molecule has 0 bridgehead atoms. The molecule has 162 valence electrons. The number of benzene rings is 2. The van der Waals surface area contributed by atoms with Gasteiger partial charge in [-0.05, 0) is 47.7 Å². The minimum Gasteiger partial charge on any atom is -0.294 e. The number of nitrogens with zero attached hydrogens (tertiary/aromatic N) is 1. The second-order valence-electron chi connectivity index (χ2n) is 8.85. The Hall–Kier alpha value is -2.60. The first-order valence-electron chi connectivity index (χ1n) is 9.99. The molecule has 1 aliphatic heterocycles. The largest absolute Gasteiger partial charge is 0.416 e. The molecule has 4 rings (SSSR count). The summed E-state index contributed by atoms with van der Waals surface area (Å²) in [5.41, 5.74) is 0.103. The van der Waals surface area contributed by atoms with Crippen molar-refractivity contribution in [2.45, 2.75) is 45.2 Å². The van der Waals surface area contributed by atoms with Crippen LogP contribution in [0.5, 0.6) is 0 Å². The molecule has 0 N–H and O–H groups in total. The van der Waals surface area contributed by atoms with Gasteiger partial charge in [-0.1, -0.05) is 43.6 Å². The summed E-state index contributed by atoms with van der Waals surface area (Å²) in [4.78, 5) is 28.0. The molecule has 1 heterocycles. The summed E-state index contributed by atoms with van der Waals surface area (Å²) in [6, 6.07) is 11.9. The Balaban J connectivity index is 1.93. The van der Waals surface area contributed by atoms with Gasteiger partial charge in [0.2, 0.25) is 5.91 Å². The van der Waals surface area contributed by atoms with E-state index >= 15 is 0 Å². The van der Waals surface area contributed by atoms with E-state index in [4.69, 9.17) is 11.6 Å². The molecule has 0 aromatic heterocycles. The van der Waals surface area contributed by atoms with Crippen LogP contribution in [0.4, 0.5) is 18.9 Å². The fourth-order valence-electron chi connectivity index (χ4n) is 4.63.